The molecule has 0 aromatic heterocycles. The van der Waals surface area contributed by atoms with Gasteiger partial charge in [0.1, 0.15) is 0 Å². The Kier molecular flexibility index (Phi) is 5.47. The molecule has 0 aliphatic carbocycles. The van der Waals surface area contributed by atoms with Gasteiger partial charge in [0, 0.05) is 12.1 Å². The summed E-state index contributed by atoms with van der Waals surface area (Å²) in [4.78, 5) is 11.8. The number of hydrogen-bond acceptors (Lipinski definition) is 2. The third kappa shape index (κ3) is 6.83. The van der Waals surface area contributed by atoms with Gasteiger partial charge in [-0.3, -0.25) is 4.79 Å². The van der Waals surface area contributed by atoms with Crippen LogP contribution in [-0.2, 0) is 4.79 Å². The first kappa shape index (κ1) is 15.4. The van der Waals surface area contributed by atoms with Crippen LogP contribution in [0.4, 0.5) is 0 Å². The van der Waals surface area contributed by atoms with Gasteiger partial charge in [0.25, 0.3) is 0 Å². The average molecular weight is 228 g/mol. The van der Waals surface area contributed by atoms with Crippen molar-refractivity contribution in [2.45, 2.75) is 66.5 Å². The molecule has 1 unspecified atom stereocenters. The molecule has 0 aliphatic rings. The number of rotatable bonds is 5. The standard InChI is InChI=1S/C13H28N2O/c1-8-13(6,7)9-14-10(2)11(16)15-12(3,4)5/h10,14H,8-9H2,1-7H3,(H,15,16). The Labute approximate surface area is 100 Å². The predicted molar refractivity (Wildman–Crippen MR) is 69.4 cm³/mol. The van der Waals surface area contributed by atoms with Gasteiger partial charge in [0.05, 0.1) is 6.04 Å². The highest BCUT2D eigenvalue weighted by molar-refractivity contribution is 5.81. The zero-order chi connectivity index (χ0) is 13.0. The van der Waals surface area contributed by atoms with Gasteiger partial charge in [0.15, 0.2) is 0 Å². The molecule has 0 radical (unpaired) electrons. The zero-order valence-electron chi connectivity index (χ0n) is 11.9. The van der Waals surface area contributed by atoms with Gasteiger partial charge in [-0.25, -0.2) is 0 Å². The second-order valence-corrected chi connectivity index (χ2v) is 6.36. The van der Waals surface area contributed by atoms with Gasteiger partial charge in [-0.1, -0.05) is 20.8 Å². The Hall–Kier alpha value is -0.570. The molecule has 0 aromatic carbocycles. The summed E-state index contributed by atoms with van der Waals surface area (Å²) in [5.74, 6) is 0.0689. The first-order valence-corrected chi connectivity index (χ1v) is 6.13. The highest BCUT2D eigenvalue weighted by Crippen LogP contribution is 2.17. The van der Waals surface area contributed by atoms with Crippen LogP contribution in [0.1, 0.15) is 54.9 Å². The summed E-state index contributed by atoms with van der Waals surface area (Å²) in [6.45, 7) is 15.3. The summed E-state index contributed by atoms with van der Waals surface area (Å²) in [7, 11) is 0. The highest BCUT2D eigenvalue weighted by Gasteiger charge is 2.21. The molecule has 1 atom stereocenters. The highest BCUT2D eigenvalue weighted by atomic mass is 16.2. The Morgan fingerprint density at radius 2 is 1.69 bits per heavy atom. The van der Waals surface area contributed by atoms with E-state index in [0.29, 0.717) is 0 Å². The minimum atomic E-state index is -0.159. The summed E-state index contributed by atoms with van der Waals surface area (Å²) in [6.07, 6.45) is 1.10. The van der Waals surface area contributed by atoms with Crippen LogP contribution in [-0.4, -0.2) is 24.0 Å². The topological polar surface area (TPSA) is 41.1 Å². The van der Waals surface area contributed by atoms with Crippen LogP contribution < -0.4 is 10.6 Å². The van der Waals surface area contributed by atoms with Crippen molar-refractivity contribution in [1.29, 1.82) is 0 Å². The van der Waals surface area contributed by atoms with Crippen LogP contribution >= 0.6 is 0 Å². The maximum Gasteiger partial charge on any atom is 0.237 e. The first-order valence-electron chi connectivity index (χ1n) is 6.13. The maximum absolute atomic E-state index is 11.8. The number of carbonyl (C=O) groups excluding carboxylic acids is 1. The van der Waals surface area contributed by atoms with Crippen LogP contribution in [0, 0.1) is 5.41 Å². The monoisotopic (exact) mass is 228 g/mol. The molecule has 0 bridgehead atoms. The van der Waals surface area contributed by atoms with Crippen LogP contribution in [0.15, 0.2) is 0 Å². The van der Waals surface area contributed by atoms with Crippen LogP contribution in [0.3, 0.4) is 0 Å². The smallest absolute Gasteiger partial charge is 0.237 e. The van der Waals surface area contributed by atoms with Crippen molar-refractivity contribution in [3.05, 3.63) is 0 Å². The third-order valence-corrected chi connectivity index (χ3v) is 2.74. The molecule has 0 fully saturated rings. The van der Waals surface area contributed by atoms with E-state index in [9.17, 15) is 4.79 Å². The van der Waals surface area contributed by atoms with E-state index in [1.54, 1.807) is 0 Å². The summed E-state index contributed by atoms with van der Waals surface area (Å²) in [6, 6.07) is -0.134. The lowest BCUT2D eigenvalue weighted by Gasteiger charge is -2.27. The fourth-order valence-corrected chi connectivity index (χ4v) is 1.12. The molecule has 0 heterocycles. The van der Waals surface area contributed by atoms with E-state index in [0.717, 1.165) is 13.0 Å². The quantitative estimate of drug-likeness (QED) is 0.758. The second-order valence-electron chi connectivity index (χ2n) is 6.36. The Morgan fingerprint density at radius 1 is 1.19 bits per heavy atom. The fraction of sp³-hybridized carbons (Fsp3) is 0.923. The SMILES string of the molecule is CCC(C)(C)CNC(C)C(=O)NC(C)(C)C. The lowest BCUT2D eigenvalue weighted by atomic mass is 9.90. The van der Waals surface area contributed by atoms with Crippen molar-refractivity contribution in [2.75, 3.05) is 6.54 Å². The van der Waals surface area contributed by atoms with Crippen LogP contribution in [0.25, 0.3) is 0 Å². The molecule has 0 saturated heterocycles. The number of nitrogens with one attached hydrogen (secondary N) is 2. The van der Waals surface area contributed by atoms with E-state index in [2.05, 4.69) is 31.4 Å². The summed E-state index contributed by atoms with van der Waals surface area (Å²) in [5.41, 5.74) is 0.0869. The van der Waals surface area contributed by atoms with Gasteiger partial charge in [0.2, 0.25) is 5.91 Å². The van der Waals surface area contributed by atoms with Crippen molar-refractivity contribution < 1.29 is 4.79 Å². The maximum atomic E-state index is 11.8. The molecule has 0 spiro atoms. The van der Waals surface area contributed by atoms with Gasteiger partial charge in [-0.15, -0.1) is 0 Å². The van der Waals surface area contributed by atoms with Crippen molar-refractivity contribution in [3.8, 4) is 0 Å². The molecule has 1 amide bonds. The normalized spacial score (nSPS) is 14.7. The van der Waals surface area contributed by atoms with Crippen molar-refractivity contribution in [3.63, 3.8) is 0 Å². The molecular formula is C13H28N2O. The largest absolute Gasteiger partial charge is 0.350 e. The third-order valence-electron chi connectivity index (χ3n) is 2.74. The van der Waals surface area contributed by atoms with Crippen molar-refractivity contribution in [1.82, 2.24) is 10.6 Å². The van der Waals surface area contributed by atoms with Gasteiger partial charge in [-0.2, -0.15) is 0 Å². The summed E-state index contributed by atoms with van der Waals surface area (Å²) >= 11 is 0. The number of hydrogen-bond donors (Lipinski definition) is 2. The molecule has 0 rings (SSSR count). The summed E-state index contributed by atoms with van der Waals surface area (Å²) in [5, 5.41) is 6.26. The number of amides is 1. The van der Waals surface area contributed by atoms with Gasteiger partial charge >= 0.3 is 0 Å². The molecule has 3 heteroatoms. The second kappa shape index (κ2) is 5.67. The van der Waals surface area contributed by atoms with Crippen LogP contribution in [0.5, 0.6) is 0 Å². The minimum Gasteiger partial charge on any atom is -0.350 e. The van der Waals surface area contributed by atoms with E-state index in [1.807, 2.05) is 27.7 Å². The minimum absolute atomic E-state index is 0.0689. The van der Waals surface area contributed by atoms with Crippen molar-refractivity contribution in [2.24, 2.45) is 5.41 Å². The van der Waals surface area contributed by atoms with Crippen LogP contribution in [0.2, 0.25) is 0 Å². The molecule has 16 heavy (non-hydrogen) atoms. The van der Waals surface area contributed by atoms with E-state index in [4.69, 9.17) is 0 Å². The van der Waals surface area contributed by atoms with E-state index < -0.39 is 0 Å². The first-order chi connectivity index (χ1) is 7.07. The molecular weight excluding hydrogens is 200 g/mol. The summed E-state index contributed by atoms with van der Waals surface area (Å²) < 4.78 is 0. The Morgan fingerprint density at radius 3 is 2.06 bits per heavy atom. The molecule has 2 N–H and O–H groups in total. The zero-order valence-corrected chi connectivity index (χ0v) is 11.9. The predicted octanol–water partition coefficient (Wildman–Crippen LogP) is 2.32. The van der Waals surface area contributed by atoms with E-state index in [-0.39, 0.29) is 22.9 Å². The number of carbonyl (C=O) groups is 1. The molecule has 96 valence electrons. The Bertz CT molecular complexity index is 229. The molecule has 0 aliphatic heterocycles. The van der Waals surface area contributed by atoms with E-state index >= 15 is 0 Å². The average Bonchev–Trinajstić information content (AvgIpc) is 2.11. The van der Waals surface area contributed by atoms with E-state index in [1.165, 1.54) is 0 Å². The fourth-order valence-electron chi connectivity index (χ4n) is 1.12. The Balaban J connectivity index is 4.08. The molecule has 0 saturated carbocycles. The molecule has 0 aromatic rings. The lowest BCUT2D eigenvalue weighted by Crippen LogP contribution is -2.50. The van der Waals surface area contributed by atoms with Crippen molar-refractivity contribution >= 4 is 5.91 Å². The lowest BCUT2D eigenvalue weighted by molar-refractivity contribution is -0.124. The van der Waals surface area contributed by atoms with Gasteiger partial charge in [-0.05, 0) is 39.5 Å². The van der Waals surface area contributed by atoms with Gasteiger partial charge < -0.3 is 10.6 Å². The molecule has 3 nitrogen and oxygen atoms in total.